The monoisotopic (exact) mass is 276 g/mol. The molecule has 0 bridgehead atoms. The lowest BCUT2D eigenvalue weighted by Gasteiger charge is -2.10. The predicted octanol–water partition coefficient (Wildman–Crippen LogP) is 2.08. The van der Waals surface area contributed by atoms with E-state index in [9.17, 15) is 10.1 Å². The van der Waals surface area contributed by atoms with Gasteiger partial charge in [-0.1, -0.05) is 6.07 Å². The highest BCUT2D eigenvalue weighted by Crippen LogP contribution is 2.34. The van der Waals surface area contributed by atoms with Crippen LogP contribution in [0.15, 0.2) is 36.4 Å². The Morgan fingerprint density at radius 1 is 1.30 bits per heavy atom. The summed E-state index contributed by atoms with van der Waals surface area (Å²) in [5.74, 6) is 6.53. The van der Waals surface area contributed by atoms with Crippen LogP contribution in [0.2, 0.25) is 0 Å². The summed E-state index contributed by atoms with van der Waals surface area (Å²) in [5.41, 5.74) is 2.31. The Balaban J connectivity index is 2.30. The van der Waals surface area contributed by atoms with E-state index < -0.39 is 4.92 Å². The van der Waals surface area contributed by atoms with Gasteiger partial charge in [0, 0.05) is 12.1 Å². The number of anilines is 1. The van der Waals surface area contributed by atoms with Gasteiger partial charge in [-0.15, -0.1) is 0 Å². The summed E-state index contributed by atoms with van der Waals surface area (Å²) in [6.45, 7) is 0. The van der Waals surface area contributed by atoms with Gasteiger partial charge in [-0.2, -0.15) is 4.98 Å². The quantitative estimate of drug-likeness (QED) is 0.488. The molecule has 0 amide bonds. The van der Waals surface area contributed by atoms with Crippen LogP contribution in [0.5, 0.6) is 17.4 Å². The van der Waals surface area contributed by atoms with Crippen molar-refractivity contribution in [2.24, 2.45) is 5.84 Å². The molecule has 1 heterocycles. The molecular weight excluding hydrogens is 264 g/mol. The van der Waals surface area contributed by atoms with Gasteiger partial charge < -0.3 is 14.9 Å². The third kappa shape index (κ3) is 2.93. The zero-order chi connectivity index (χ0) is 14.5. The molecule has 0 radical (unpaired) electrons. The van der Waals surface area contributed by atoms with Crippen molar-refractivity contribution in [1.29, 1.82) is 0 Å². The van der Waals surface area contributed by atoms with Crippen molar-refractivity contribution in [1.82, 2.24) is 4.98 Å². The Hall–Kier alpha value is -2.87. The van der Waals surface area contributed by atoms with Crippen molar-refractivity contribution in [3.05, 3.63) is 46.5 Å². The molecule has 2 rings (SSSR count). The molecular formula is C12H12N4O4. The van der Waals surface area contributed by atoms with Crippen LogP contribution in [0.3, 0.4) is 0 Å². The SMILES string of the molecule is COc1cc([N+](=O)[O-])ccc1Oc1cccc(NN)n1. The minimum Gasteiger partial charge on any atom is -0.493 e. The maximum Gasteiger partial charge on any atom is 0.273 e. The largest absolute Gasteiger partial charge is 0.493 e. The number of hydrogen-bond donors (Lipinski definition) is 2. The Morgan fingerprint density at radius 2 is 2.10 bits per heavy atom. The molecule has 0 aliphatic carbocycles. The Labute approximate surface area is 114 Å². The van der Waals surface area contributed by atoms with Crippen molar-refractivity contribution in [3.63, 3.8) is 0 Å². The molecule has 2 aromatic rings. The maximum absolute atomic E-state index is 10.7. The van der Waals surface area contributed by atoms with Gasteiger partial charge in [0.15, 0.2) is 11.5 Å². The number of nitro groups is 1. The lowest BCUT2D eigenvalue weighted by molar-refractivity contribution is -0.384. The number of nitrogens with two attached hydrogens (primary N) is 1. The lowest BCUT2D eigenvalue weighted by atomic mass is 10.3. The van der Waals surface area contributed by atoms with E-state index in [0.29, 0.717) is 11.6 Å². The summed E-state index contributed by atoms with van der Waals surface area (Å²) in [7, 11) is 1.40. The molecule has 8 nitrogen and oxygen atoms in total. The van der Waals surface area contributed by atoms with E-state index in [1.165, 1.54) is 25.3 Å². The Kier molecular flexibility index (Phi) is 3.96. The third-order valence-electron chi connectivity index (χ3n) is 2.44. The van der Waals surface area contributed by atoms with Crippen molar-refractivity contribution >= 4 is 11.5 Å². The first-order chi connectivity index (χ1) is 9.63. The Morgan fingerprint density at radius 3 is 2.75 bits per heavy atom. The minimum atomic E-state index is -0.510. The van der Waals surface area contributed by atoms with E-state index in [1.807, 2.05) is 0 Å². The van der Waals surface area contributed by atoms with Crippen molar-refractivity contribution in [3.8, 4) is 17.4 Å². The van der Waals surface area contributed by atoms with Gasteiger partial charge in [0.05, 0.1) is 18.1 Å². The van der Waals surface area contributed by atoms with Gasteiger partial charge in [0.2, 0.25) is 5.88 Å². The molecule has 1 aromatic heterocycles. The number of nitrogens with one attached hydrogen (secondary N) is 1. The zero-order valence-corrected chi connectivity index (χ0v) is 10.6. The number of hydrazine groups is 1. The highest BCUT2D eigenvalue weighted by atomic mass is 16.6. The number of nitrogen functional groups attached to an aromatic ring is 1. The van der Waals surface area contributed by atoms with Crippen LogP contribution in [0.1, 0.15) is 0 Å². The van der Waals surface area contributed by atoms with E-state index >= 15 is 0 Å². The summed E-state index contributed by atoms with van der Waals surface area (Å²) in [6.07, 6.45) is 0. The first-order valence-electron chi connectivity index (χ1n) is 5.58. The van der Waals surface area contributed by atoms with Crippen LogP contribution >= 0.6 is 0 Å². The number of methoxy groups -OCH3 is 1. The van der Waals surface area contributed by atoms with Gasteiger partial charge in [0.1, 0.15) is 5.82 Å². The molecule has 0 saturated heterocycles. The summed E-state index contributed by atoms with van der Waals surface area (Å²) >= 11 is 0. The van der Waals surface area contributed by atoms with Gasteiger partial charge in [-0.05, 0) is 12.1 Å². The number of non-ortho nitro benzene ring substituents is 1. The standard InChI is InChI=1S/C12H12N4O4/c1-19-10-7-8(16(17)18)5-6-9(10)20-12-4-2-3-11(14-12)15-13/h2-7H,13H2,1H3,(H,14,15). The predicted molar refractivity (Wildman–Crippen MR) is 71.8 cm³/mol. The minimum absolute atomic E-state index is 0.0838. The maximum atomic E-state index is 10.7. The highest BCUT2D eigenvalue weighted by molar-refractivity contribution is 5.50. The van der Waals surface area contributed by atoms with E-state index in [4.69, 9.17) is 15.3 Å². The van der Waals surface area contributed by atoms with E-state index in [1.54, 1.807) is 18.2 Å². The number of benzene rings is 1. The molecule has 0 aliphatic heterocycles. The molecule has 0 atom stereocenters. The van der Waals surface area contributed by atoms with Crippen LogP contribution in [0.4, 0.5) is 11.5 Å². The number of hydrogen-bond acceptors (Lipinski definition) is 7. The molecule has 1 aromatic carbocycles. The fourth-order valence-corrected chi connectivity index (χ4v) is 1.52. The molecule has 104 valence electrons. The second kappa shape index (κ2) is 5.85. The number of nitrogens with zero attached hydrogens (tertiary/aromatic N) is 2. The van der Waals surface area contributed by atoms with Crippen LogP contribution in [0.25, 0.3) is 0 Å². The number of nitro benzene ring substituents is 1. The van der Waals surface area contributed by atoms with Gasteiger partial charge in [-0.3, -0.25) is 10.1 Å². The van der Waals surface area contributed by atoms with Gasteiger partial charge >= 0.3 is 0 Å². The average molecular weight is 276 g/mol. The second-order valence-corrected chi connectivity index (χ2v) is 3.70. The molecule has 0 fully saturated rings. The third-order valence-corrected chi connectivity index (χ3v) is 2.44. The fraction of sp³-hybridized carbons (Fsp3) is 0.0833. The summed E-state index contributed by atoms with van der Waals surface area (Å²) in [6, 6.07) is 9.04. The first kappa shape index (κ1) is 13.6. The molecule has 20 heavy (non-hydrogen) atoms. The number of ether oxygens (including phenoxy) is 2. The summed E-state index contributed by atoms with van der Waals surface area (Å²) < 4.78 is 10.6. The lowest BCUT2D eigenvalue weighted by Crippen LogP contribution is -2.08. The van der Waals surface area contributed by atoms with Crippen molar-refractivity contribution in [2.45, 2.75) is 0 Å². The van der Waals surface area contributed by atoms with E-state index in [2.05, 4.69) is 10.4 Å². The number of pyridine rings is 1. The number of aromatic nitrogens is 1. The summed E-state index contributed by atoms with van der Waals surface area (Å²) in [5, 5.41) is 10.7. The molecule has 3 N–H and O–H groups in total. The normalized spacial score (nSPS) is 9.90. The zero-order valence-electron chi connectivity index (χ0n) is 10.6. The number of rotatable bonds is 5. The molecule has 0 aliphatic rings. The van der Waals surface area contributed by atoms with Gasteiger partial charge in [-0.25, -0.2) is 5.84 Å². The molecule has 0 spiro atoms. The van der Waals surface area contributed by atoms with Crippen LogP contribution in [-0.4, -0.2) is 17.0 Å². The van der Waals surface area contributed by atoms with E-state index in [0.717, 1.165) is 0 Å². The highest BCUT2D eigenvalue weighted by Gasteiger charge is 2.13. The van der Waals surface area contributed by atoms with Crippen molar-refractivity contribution in [2.75, 3.05) is 12.5 Å². The van der Waals surface area contributed by atoms with E-state index in [-0.39, 0.29) is 17.3 Å². The van der Waals surface area contributed by atoms with Crippen LogP contribution in [0, 0.1) is 10.1 Å². The van der Waals surface area contributed by atoms with Crippen LogP contribution in [-0.2, 0) is 0 Å². The fourth-order valence-electron chi connectivity index (χ4n) is 1.52. The summed E-state index contributed by atoms with van der Waals surface area (Å²) in [4.78, 5) is 14.3. The molecule has 8 heteroatoms. The topological polar surface area (TPSA) is 113 Å². The molecule has 0 unspecified atom stereocenters. The Bertz CT molecular complexity index is 633. The smallest absolute Gasteiger partial charge is 0.273 e. The van der Waals surface area contributed by atoms with Crippen molar-refractivity contribution < 1.29 is 14.4 Å². The van der Waals surface area contributed by atoms with Gasteiger partial charge in [0.25, 0.3) is 5.69 Å². The average Bonchev–Trinajstić information content (AvgIpc) is 2.47. The second-order valence-electron chi connectivity index (χ2n) is 3.70. The first-order valence-corrected chi connectivity index (χ1v) is 5.58. The molecule has 0 saturated carbocycles. The van der Waals surface area contributed by atoms with Crippen LogP contribution < -0.4 is 20.7 Å².